The van der Waals surface area contributed by atoms with Gasteiger partial charge in [0, 0.05) is 18.6 Å². The lowest BCUT2D eigenvalue weighted by atomic mass is 10.1. The summed E-state index contributed by atoms with van der Waals surface area (Å²) < 4.78 is 16.3. The fourth-order valence-electron chi connectivity index (χ4n) is 3.99. The highest BCUT2D eigenvalue weighted by molar-refractivity contribution is 6.13. The molecule has 0 aromatic heterocycles. The highest BCUT2D eigenvalue weighted by atomic mass is 16.6. The third kappa shape index (κ3) is 4.58. The molecule has 3 aromatic carbocycles. The maximum Gasteiger partial charge on any atom is 0.327 e. The van der Waals surface area contributed by atoms with Crippen LogP contribution in [0.25, 0.3) is 0 Å². The van der Waals surface area contributed by atoms with Crippen LogP contribution >= 0.6 is 0 Å². The van der Waals surface area contributed by atoms with E-state index in [4.69, 9.17) is 14.2 Å². The van der Waals surface area contributed by atoms with Crippen LogP contribution in [0.15, 0.2) is 60.7 Å². The molecule has 0 fully saturated rings. The Balaban J connectivity index is 1.76. The molecule has 0 radical (unpaired) electrons. The molecule has 1 N–H and O–H groups in total. The van der Waals surface area contributed by atoms with Gasteiger partial charge in [-0.15, -0.1) is 0 Å². The first-order valence-electron chi connectivity index (χ1n) is 10.6. The van der Waals surface area contributed by atoms with Crippen molar-refractivity contribution < 1.29 is 33.8 Å². The molecule has 0 spiro atoms. The summed E-state index contributed by atoms with van der Waals surface area (Å²) in [5, 5.41) is 21.7. The molecule has 4 rings (SSSR count). The molecular weight excluding hydrogens is 456 g/mol. The SMILES string of the molecule is COc1ccc2c(c1)N(C(=O)c1cc(OC)c(OCc3ccccc3)cc1[N+](=O)[O-])[C@H](C(=O)O)C2. The third-order valence-corrected chi connectivity index (χ3v) is 5.73. The number of carboxylic acids is 1. The minimum Gasteiger partial charge on any atom is -0.497 e. The lowest BCUT2D eigenvalue weighted by molar-refractivity contribution is -0.385. The van der Waals surface area contributed by atoms with Gasteiger partial charge < -0.3 is 19.3 Å². The second kappa shape index (κ2) is 9.72. The van der Waals surface area contributed by atoms with Crippen LogP contribution in [0.4, 0.5) is 11.4 Å². The molecule has 1 amide bonds. The van der Waals surface area contributed by atoms with Crippen LogP contribution < -0.4 is 19.1 Å². The van der Waals surface area contributed by atoms with E-state index >= 15 is 0 Å². The molecule has 35 heavy (non-hydrogen) atoms. The van der Waals surface area contributed by atoms with Crippen molar-refractivity contribution in [1.29, 1.82) is 0 Å². The molecule has 0 saturated heterocycles. The summed E-state index contributed by atoms with van der Waals surface area (Å²) in [5.41, 5.74) is 0.924. The topological polar surface area (TPSA) is 128 Å². The van der Waals surface area contributed by atoms with Gasteiger partial charge in [-0.3, -0.25) is 19.8 Å². The van der Waals surface area contributed by atoms with Crippen molar-refractivity contribution in [3.63, 3.8) is 0 Å². The van der Waals surface area contributed by atoms with Crippen molar-refractivity contribution in [3.05, 3.63) is 87.5 Å². The molecular formula is C25H22N2O8. The number of fused-ring (bicyclic) bond motifs is 1. The van der Waals surface area contributed by atoms with Crippen LogP contribution in [0.1, 0.15) is 21.5 Å². The van der Waals surface area contributed by atoms with Crippen molar-refractivity contribution >= 4 is 23.3 Å². The Morgan fingerprint density at radius 2 is 1.80 bits per heavy atom. The second-order valence-corrected chi connectivity index (χ2v) is 7.78. The Labute approximate surface area is 200 Å². The van der Waals surface area contributed by atoms with E-state index in [2.05, 4.69) is 0 Å². The third-order valence-electron chi connectivity index (χ3n) is 5.73. The average Bonchev–Trinajstić information content (AvgIpc) is 3.26. The van der Waals surface area contributed by atoms with Crippen molar-refractivity contribution in [3.8, 4) is 17.2 Å². The van der Waals surface area contributed by atoms with Gasteiger partial charge in [0.15, 0.2) is 11.5 Å². The van der Waals surface area contributed by atoms with E-state index in [0.717, 1.165) is 16.5 Å². The first-order valence-corrected chi connectivity index (χ1v) is 10.6. The minimum atomic E-state index is -1.23. The molecule has 0 aliphatic carbocycles. The lowest BCUT2D eigenvalue weighted by Crippen LogP contribution is -2.43. The smallest absolute Gasteiger partial charge is 0.327 e. The lowest BCUT2D eigenvalue weighted by Gasteiger charge is -2.23. The summed E-state index contributed by atoms with van der Waals surface area (Å²) in [6.45, 7) is 0.127. The summed E-state index contributed by atoms with van der Waals surface area (Å²) in [5.74, 6) is -1.47. The maximum atomic E-state index is 13.6. The molecule has 3 aromatic rings. The Bertz CT molecular complexity index is 1290. The van der Waals surface area contributed by atoms with Crippen molar-refractivity contribution in [2.24, 2.45) is 0 Å². The summed E-state index contributed by atoms with van der Waals surface area (Å²) in [6, 6.07) is 15.2. The van der Waals surface area contributed by atoms with E-state index in [1.54, 1.807) is 12.1 Å². The second-order valence-electron chi connectivity index (χ2n) is 7.78. The monoisotopic (exact) mass is 478 g/mol. The number of carbonyl (C=O) groups excluding carboxylic acids is 1. The van der Waals surface area contributed by atoms with Crippen LogP contribution in [-0.4, -0.2) is 42.2 Å². The number of ether oxygens (including phenoxy) is 3. The highest BCUT2D eigenvalue weighted by Gasteiger charge is 2.41. The molecule has 0 saturated carbocycles. The Morgan fingerprint density at radius 3 is 2.43 bits per heavy atom. The van der Waals surface area contributed by atoms with Crippen LogP contribution in [0.5, 0.6) is 17.2 Å². The number of methoxy groups -OCH3 is 2. The molecule has 0 bridgehead atoms. The van der Waals surface area contributed by atoms with E-state index in [1.807, 2.05) is 30.3 Å². The maximum absolute atomic E-state index is 13.6. The number of nitro groups is 1. The molecule has 180 valence electrons. The Kier molecular flexibility index (Phi) is 6.54. The van der Waals surface area contributed by atoms with E-state index < -0.39 is 28.5 Å². The number of carbonyl (C=O) groups is 2. The number of carboxylic acid groups (broad SMARTS) is 1. The van der Waals surface area contributed by atoms with Gasteiger partial charge in [0.2, 0.25) is 0 Å². The standard InChI is InChI=1S/C25H22N2O8/c1-33-17-9-8-16-10-21(25(29)30)26(19(16)11-17)24(28)18-12-22(34-2)23(13-20(18)27(31)32)35-14-15-6-4-3-5-7-15/h3-9,11-13,21H,10,14H2,1-2H3,(H,29,30)/t21-/m0/s1. The summed E-state index contributed by atoms with van der Waals surface area (Å²) >= 11 is 0. The average molecular weight is 478 g/mol. The number of nitro benzene ring substituents is 1. The first-order chi connectivity index (χ1) is 16.8. The van der Waals surface area contributed by atoms with Gasteiger partial charge in [0.1, 0.15) is 24.0 Å². The van der Waals surface area contributed by atoms with E-state index in [-0.39, 0.29) is 30.1 Å². The molecule has 10 nitrogen and oxygen atoms in total. The first kappa shape index (κ1) is 23.6. The molecule has 10 heteroatoms. The Morgan fingerprint density at radius 1 is 1.06 bits per heavy atom. The number of hydrogen-bond acceptors (Lipinski definition) is 7. The van der Waals surface area contributed by atoms with Gasteiger partial charge in [0.05, 0.1) is 30.9 Å². The molecule has 1 aliphatic rings. The molecule has 1 aliphatic heterocycles. The predicted molar refractivity (Wildman–Crippen MR) is 125 cm³/mol. The zero-order valence-electron chi connectivity index (χ0n) is 19.0. The number of aliphatic carboxylic acids is 1. The van der Waals surface area contributed by atoms with Gasteiger partial charge in [0.25, 0.3) is 11.6 Å². The van der Waals surface area contributed by atoms with Gasteiger partial charge in [-0.25, -0.2) is 4.79 Å². The van der Waals surface area contributed by atoms with Gasteiger partial charge >= 0.3 is 5.97 Å². The van der Waals surface area contributed by atoms with E-state index in [9.17, 15) is 24.8 Å². The number of nitrogens with zero attached hydrogens (tertiary/aromatic N) is 2. The number of anilines is 1. The van der Waals surface area contributed by atoms with Crippen LogP contribution in [-0.2, 0) is 17.8 Å². The van der Waals surface area contributed by atoms with E-state index in [1.165, 1.54) is 26.4 Å². The van der Waals surface area contributed by atoms with Gasteiger partial charge in [-0.05, 0) is 17.2 Å². The number of hydrogen-bond donors (Lipinski definition) is 1. The van der Waals surface area contributed by atoms with E-state index in [0.29, 0.717) is 17.0 Å². The zero-order valence-corrected chi connectivity index (χ0v) is 19.0. The molecule has 1 heterocycles. The Hall–Kier alpha value is -4.60. The molecule has 1 atom stereocenters. The number of benzene rings is 3. The van der Waals surface area contributed by atoms with Gasteiger partial charge in [-0.2, -0.15) is 0 Å². The summed E-state index contributed by atoms with van der Waals surface area (Å²) in [7, 11) is 2.79. The van der Waals surface area contributed by atoms with Crippen molar-refractivity contribution in [2.45, 2.75) is 19.1 Å². The van der Waals surface area contributed by atoms with Crippen LogP contribution in [0.3, 0.4) is 0 Å². The predicted octanol–water partition coefficient (Wildman–Crippen LogP) is 3.85. The van der Waals surface area contributed by atoms with Crippen LogP contribution in [0, 0.1) is 10.1 Å². The fraction of sp³-hybridized carbons (Fsp3) is 0.200. The summed E-state index contributed by atoms with van der Waals surface area (Å²) in [6.07, 6.45) is 0.0591. The van der Waals surface area contributed by atoms with Crippen LogP contribution in [0.2, 0.25) is 0 Å². The quantitative estimate of drug-likeness (QED) is 0.382. The summed E-state index contributed by atoms with van der Waals surface area (Å²) in [4.78, 5) is 37.9. The highest BCUT2D eigenvalue weighted by Crippen LogP contribution is 2.40. The van der Waals surface area contributed by atoms with Crippen molar-refractivity contribution in [2.75, 3.05) is 19.1 Å². The minimum absolute atomic E-state index is 0.0591. The number of rotatable bonds is 8. The largest absolute Gasteiger partial charge is 0.497 e. The normalized spacial score (nSPS) is 14.2. The number of amides is 1. The fourth-order valence-corrected chi connectivity index (χ4v) is 3.99. The zero-order chi connectivity index (χ0) is 25.1. The molecule has 0 unspecified atom stereocenters. The van der Waals surface area contributed by atoms with Crippen molar-refractivity contribution in [1.82, 2.24) is 0 Å². The van der Waals surface area contributed by atoms with Gasteiger partial charge in [-0.1, -0.05) is 36.4 Å².